The first-order chi connectivity index (χ1) is 11.0. The highest BCUT2D eigenvalue weighted by Crippen LogP contribution is 2.25. The molecule has 1 unspecified atom stereocenters. The van der Waals surface area contributed by atoms with Gasteiger partial charge in [0.2, 0.25) is 11.8 Å². The molecule has 1 aromatic rings. The molecular weight excluding hydrogens is 356 g/mol. The predicted molar refractivity (Wildman–Crippen MR) is 92.6 cm³/mol. The van der Waals surface area contributed by atoms with Crippen molar-refractivity contribution in [2.45, 2.75) is 32.7 Å². The zero-order valence-corrected chi connectivity index (χ0v) is 15.1. The topological polar surface area (TPSA) is 40.6 Å². The highest BCUT2D eigenvalue weighted by atomic mass is 79.9. The van der Waals surface area contributed by atoms with Crippen molar-refractivity contribution in [1.29, 1.82) is 0 Å². The highest BCUT2D eigenvalue weighted by molar-refractivity contribution is 9.10. The molecule has 23 heavy (non-hydrogen) atoms. The molecule has 0 radical (unpaired) electrons. The molecule has 2 saturated heterocycles. The minimum atomic E-state index is -0.164. The van der Waals surface area contributed by atoms with Crippen LogP contribution in [0.15, 0.2) is 28.7 Å². The Kier molecular flexibility index (Phi) is 5.05. The standard InChI is InChI=1S/C18H23BrN2O2/c1-13-5-7-20(8-6-13)18(23)15-10-17(22)21(12-15)11-14-3-2-4-16(19)9-14/h2-4,9,13,15H,5-8,10-12H2,1H3. The molecule has 0 aliphatic carbocycles. The van der Waals surface area contributed by atoms with Crippen molar-refractivity contribution in [3.05, 3.63) is 34.3 Å². The Balaban J connectivity index is 1.59. The van der Waals surface area contributed by atoms with Gasteiger partial charge in [0, 0.05) is 37.1 Å². The molecule has 3 rings (SSSR count). The van der Waals surface area contributed by atoms with Crippen LogP contribution in [0.25, 0.3) is 0 Å². The SMILES string of the molecule is CC1CCN(C(=O)C2CC(=O)N(Cc3cccc(Br)c3)C2)CC1. The lowest BCUT2D eigenvalue weighted by molar-refractivity contribution is -0.137. The zero-order valence-electron chi connectivity index (χ0n) is 13.5. The Morgan fingerprint density at radius 3 is 2.74 bits per heavy atom. The van der Waals surface area contributed by atoms with E-state index in [1.54, 1.807) is 0 Å². The molecule has 0 aromatic heterocycles. The van der Waals surface area contributed by atoms with E-state index in [1.165, 1.54) is 0 Å². The fourth-order valence-corrected chi connectivity index (χ4v) is 3.88. The molecule has 2 heterocycles. The number of hydrogen-bond donors (Lipinski definition) is 0. The molecule has 2 aliphatic rings. The van der Waals surface area contributed by atoms with Gasteiger partial charge in [0.15, 0.2) is 0 Å². The molecular formula is C18H23BrN2O2. The first-order valence-electron chi connectivity index (χ1n) is 8.34. The fraction of sp³-hybridized carbons (Fsp3) is 0.556. The molecule has 1 atom stereocenters. The van der Waals surface area contributed by atoms with Crippen molar-refractivity contribution in [3.8, 4) is 0 Å². The average molecular weight is 379 g/mol. The Hall–Kier alpha value is -1.36. The van der Waals surface area contributed by atoms with E-state index in [9.17, 15) is 9.59 Å². The number of likely N-dealkylation sites (tertiary alicyclic amines) is 2. The van der Waals surface area contributed by atoms with Crippen molar-refractivity contribution in [2.75, 3.05) is 19.6 Å². The van der Waals surface area contributed by atoms with Crippen LogP contribution in [-0.2, 0) is 16.1 Å². The largest absolute Gasteiger partial charge is 0.342 e. The Bertz CT molecular complexity index is 596. The summed E-state index contributed by atoms with van der Waals surface area (Å²) >= 11 is 3.45. The fourth-order valence-electron chi connectivity index (χ4n) is 3.43. The third kappa shape index (κ3) is 3.94. The van der Waals surface area contributed by atoms with E-state index in [0.29, 0.717) is 25.4 Å². The normalized spacial score (nSPS) is 22.7. The van der Waals surface area contributed by atoms with Gasteiger partial charge in [-0.3, -0.25) is 9.59 Å². The van der Waals surface area contributed by atoms with Gasteiger partial charge in [0.05, 0.1) is 5.92 Å². The average Bonchev–Trinajstić information content (AvgIpc) is 2.88. The van der Waals surface area contributed by atoms with Crippen molar-refractivity contribution in [1.82, 2.24) is 9.80 Å². The van der Waals surface area contributed by atoms with Crippen molar-refractivity contribution in [3.63, 3.8) is 0 Å². The smallest absolute Gasteiger partial charge is 0.227 e. The third-order valence-corrected chi connectivity index (χ3v) is 5.41. The number of carbonyl (C=O) groups is 2. The number of halogens is 1. The first kappa shape index (κ1) is 16.5. The third-order valence-electron chi connectivity index (χ3n) is 4.92. The molecule has 124 valence electrons. The lowest BCUT2D eigenvalue weighted by Crippen LogP contribution is -2.42. The van der Waals surface area contributed by atoms with Gasteiger partial charge in [-0.25, -0.2) is 0 Å². The molecule has 0 bridgehead atoms. The summed E-state index contributed by atoms with van der Waals surface area (Å²) in [6.45, 7) is 5.06. The van der Waals surface area contributed by atoms with Gasteiger partial charge in [-0.1, -0.05) is 35.0 Å². The van der Waals surface area contributed by atoms with Gasteiger partial charge < -0.3 is 9.80 Å². The first-order valence-corrected chi connectivity index (χ1v) is 9.13. The Morgan fingerprint density at radius 1 is 1.30 bits per heavy atom. The molecule has 0 spiro atoms. The molecule has 0 N–H and O–H groups in total. The maximum Gasteiger partial charge on any atom is 0.227 e. The minimum Gasteiger partial charge on any atom is -0.342 e. The van der Waals surface area contributed by atoms with Gasteiger partial charge >= 0.3 is 0 Å². The zero-order chi connectivity index (χ0) is 16.4. The number of hydrogen-bond acceptors (Lipinski definition) is 2. The minimum absolute atomic E-state index is 0.0914. The summed E-state index contributed by atoms with van der Waals surface area (Å²) < 4.78 is 1.01. The van der Waals surface area contributed by atoms with Crippen LogP contribution in [0.4, 0.5) is 0 Å². The van der Waals surface area contributed by atoms with E-state index in [0.717, 1.165) is 36.0 Å². The van der Waals surface area contributed by atoms with Crippen LogP contribution in [0.3, 0.4) is 0 Å². The van der Waals surface area contributed by atoms with Crippen molar-refractivity contribution in [2.24, 2.45) is 11.8 Å². The molecule has 4 nitrogen and oxygen atoms in total. The summed E-state index contributed by atoms with van der Waals surface area (Å²) in [7, 11) is 0. The Morgan fingerprint density at radius 2 is 2.04 bits per heavy atom. The maximum absolute atomic E-state index is 12.6. The second-order valence-corrected chi connectivity index (χ2v) is 7.73. The lowest BCUT2D eigenvalue weighted by Gasteiger charge is -2.32. The van der Waals surface area contributed by atoms with Crippen LogP contribution in [0, 0.1) is 11.8 Å². The van der Waals surface area contributed by atoms with Crippen molar-refractivity contribution < 1.29 is 9.59 Å². The number of benzene rings is 1. The van der Waals surface area contributed by atoms with Crippen LogP contribution in [0.1, 0.15) is 31.7 Å². The predicted octanol–water partition coefficient (Wildman–Crippen LogP) is 3.06. The van der Waals surface area contributed by atoms with Crippen LogP contribution in [0.5, 0.6) is 0 Å². The van der Waals surface area contributed by atoms with Crippen LogP contribution < -0.4 is 0 Å². The summed E-state index contributed by atoms with van der Waals surface area (Å²) in [5.41, 5.74) is 1.09. The van der Waals surface area contributed by atoms with Crippen LogP contribution in [-0.4, -0.2) is 41.2 Å². The van der Waals surface area contributed by atoms with E-state index in [1.807, 2.05) is 34.1 Å². The van der Waals surface area contributed by atoms with E-state index in [-0.39, 0.29) is 17.7 Å². The monoisotopic (exact) mass is 378 g/mol. The van der Waals surface area contributed by atoms with Gasteiger partial charge in [-0.15, -0.1) is 0 Å². The summed E-state index contributed by atoms with van der Waals surface area (Å²) in [4.78, 5) is 28.7. The molecule has 0 saturated carbocycles. The molecule has 2 aliphatic heterocycles. The number of piperidine rings is 1. The lowest BCUT2D eigenvalue weighted by atomic mass is 9.97. The van der Waals surface area contributed by atoms with E-state index >= 15 is 0 Å². The van der Waals surface area contributed by atoms with E-state index in [4.69, 9.17) is 0 Å². The summed E-state index contributed by atoms with van der Waals surface area (Å²) in [6.07, 6.45) is 2.52. The van der Waals surface area contributed by atoms with E-state index in [2.05, 4.69) is 22.9 Å². The Labute approximate surface area is 146 Å². The van der Waals surface area contributed by atoms with Crippen molar-refractivity contribution >= 4 is 27.7 Å². The highest BCUT2D eigenvalue weighted by Gasteiger charge is 2.37. The number of rotatable bonds is 3. The number of carbonyl (C=O) groups excluding carboxylic acids is 2. The summed E-state index contributed by atoms with van der Waals surface area (Å²) in [6, 6.07) is 7.98. The molecule has 5 heteroatoms. The maximum atomic E-state index is 12.6. The summed E-state index contributed by atoms with van der Waals surface area (Å²) in [5.74, 6) is 0.802. The molecule has 2 amide bonds. The van der Waals surface area contributed by atoms with Crippen LogP contribution in [0.2, 0.25) is 0 Å². The van der Waals surface area contributed by atoms with Gasteiger partial charge in [0.25, 0.3) is 0 Å². The molecule has 2 fully saturated rings. The van der Waals surface area contributed by atoms with Crippen LogP contribution >= 0.6 is 15.9 Å². The number of nitrogens with zero attached hydrogens (tertiary/aromatic N) is 2. The van der Waals surface area contributed by atoms with E-state index < -0.39 is 0 Å². The summed E-state index contributed by atoms with van der Waals surface area (Å²) in [5, 5.41) is 0. The quantitative estimate of drug-likeness (QED) is 0.810. The second-order valence-electron chi connectivity index (χ2n) is 6.81. The van der Waals surface area contributed by atoms with Gasteiger partial charge in [-0.2, -0.15) is 0 Å². The van der Waals surface area contributed by atoms with Gasteiger partial charge in [0.1, 0.15) is 0 Å². The van der Waals surface area contributed by atoms with Gasteiger partial charge in [-0.05, 0) is 36.5 Å². The second kappa shape index (κ2) is 7.04. The molecule has 1 aromatic carbocycles. The number of amides is 2.